The number of nitrogen functional groups attached to an aromatic ring is 2. The van der Waals surface area contributed by atoms with Crippen LogP contribution in [0.5, 0.6) is 0 Å². The van der Waals surface area contributed by atoms with Gasteiger partial charge in [0.05, 0.1) is 22.4 Å². The molecule has 82 valence electrons. The molecule has 5 heteroatoms. The molecule has 1 rings (SSSR count). The van der Waals surface area contributed by atoms with Crippen LogP contribution in [0.2, 0.25) is 5.02 Å². The molecule has 0 amide bonds. The molecule has 0 unspecified atom stereocenters. The highest BCUT2D eigenvalue weighted by atomic mass is 35.5. The number of anilines is 2. The Labute approximate surface area is 92.8 Å². The van der Waals surface area contributed by atoms with E-state index in [1.165, 1.54) is 6.07 Å². The summed E-state index contributed by atoms with van der Waals surface area (Å²) in [5.74, 6) is -1.36. The Kier molecular flexibility index (Phi) is 3.09. The summed E-state index contributed by atoms with van der Waals surface area (Å²) in [6.45, 7) is 3.65. The summed E-state index contributed by atoms with van der Waals surface area (Å²) in [6, 6.07) is 1.28. The molecular weight excluding hydrogens is 216 g/mol. The lowest BCUT2D eigenvalue weighted by atomic mass is 9.94. The molecule has 4 N–H and O–H groups in total. The molecule has 0 saturated carbocycles. The second-order valence-electron chi connectivity index (χ2n) is 3.60. The van der Waals surface area contributed by atoms with Crippen LogP contribution in [0.25, 0.3) is 0 Å². The average Bonchev–Trinajstić information content (AvgIpc) is 2.12. The van der Waals surface area contributed by atoms with Crippen molar-refractivity contribution in [1.29, 1.82) is 0 Å². The van der Waals surface area contributed by atoms with Crippen LogP contribution < -0.4 is 16.6 Å². The number of rotatable bonds is 2. The van der Waals surface area contributed by atoms with E-state index in [2.05, 4.69) is 0 Å². The molecular formula is C10H12ClN2O2-. The maximum atomic E-state index is 10.9. The standard InChI is InChI=1S/C10H13ClN2O2/c1-4(2)7-5(10(14)15)3-6(12)8(11)9(7)13/h3-4H,12-13H2,1-2H3,(H,14,15)/p-1. The van der Waals surface area contributed by atoms with Gasteiger partial charge in [0.25, 0.3) is 0 Å². The van der Waals surface area contributed by atoms with E-state index in [1.807, 2.05) is 13.8 Å². The van der Waals surface area contributed by atoms with Crippen molar-refractivity contribution in [2.45, 2.75) is 19.8 Å². The van der Waals surface area contributed by atoms with Crippen LogP contribution in [0.15, 0.2) is 6.07 Å². The van der Waals surface area contributed by atoms with Gasteiger partial charge in [-0.05, 0) is 17.5 Å². The van der Waals surface area contributed by atoms with Crippen molar-refractivity contribution in [3.8, 4) is 0 Å². The Morgan fingerprint density at radius 2 is 2.00 bits per heavy atom. The maximum absolute atomic E-state index is 10.9. The van der Waals surface area contributed by atoms with Crippen molar-refractivity contribution in [1.82, 2.24) is 0 Å². The number of halogens is 1. The third-order valence-corrected chi connectivity index (χ3v) is 2.59. The van der Waals surface area contributed by atoms with Gasteiger partial charge in [-0.1, -0.05) is 25.4 Å². The van der Waals surface area contributed by atoms with Crippen molar-refractivity contribution in [3.63, 3.8) is 0 Å². The maximum Gasteiger partial charge on any atom is 0.0867 e. The third-order valence-electron chi connectivity index (χ3n) is 2.17. The van der Waals surface area contributed by atoms with Crippen molar-refractivity contribution < 1.29 is 9.90 Å². The Bertz CT molecular complexity index is 416. The number of carbonyl (C=O) groups is 1. The summed E-state index contributed by atoms with van der Waals surface area (Å²) in [7, 11) is 0. The van der Waals surface area contributed by atoms with E-state index in [1.54, 1.807) is 0 Å². The molecule has 0 heterocycles. The number of benzene rings is 1. The average molecular weight is 228 g/mol. The van der Waals surface area contributed by atoms with Gasteiger partial charge < -0.3 is 21.4 Å². The summed E-state index contributed by atoms with van der Waals surface area (Å²) >= 11 is 5.84. The first-order valence-corrected chi connectivity index (χ1v) is 4.82. The molecule has 0 radical (unpaired) electrons. The number of carboxylic acids is 1. The lowest BCUT2D eigenvalue weighted by Crippen LogP contribution is -2.25. The Balaban J connectivity index is 3.58. The lowest BCUT2D eigenvalue weighted by Gasteiger charge is -2.18. The molecule has 0 aliphatic heterocycles. The van der Waals surface area contributed by atoms with E-state index in [0.29, 0.717) is 5.56 Å². The molecule has 0 fully saturated rings. The molecule has 0 spiro atoms. The summed E-state index contributed by atoms with van der Waals surface area (Å²) in [6.07, 6.45) is 0. The predicted octanol–water partition coefficient (Wildman–Crippen LogP) is 0.991. The highest BCUT2D eigenvalue weighted by molar-refractivity contribution is 6.36. The van der Waals surface area contributed by atoms with Crippen molar-refractivity contribution >= 4 is 28.9 Å². The van der Waals surface area contributed by atoms with E-state index in [9.17, 15) is 9.90 Å². The Hall–Kier alpha value is -1.42. The minimum absolute atomic E-state index is 0.00407. The zero-order valence-electron chi connectivity index (χ0n) is 8.50. The number of aromatic carboxylic acids is 1. The van der Waals surface area contributed by atoms with Crippen LogP contribution in [-0.4, -0.2) is 5.97 Å². The minimum Gasteiger partial charge on any atom is -0.545 e. The second-order valence-corrected chi connectivity index (χ2v) is 3.97. The van der Waals surface area contributed by atoms with Gasteiger partial charge in [-0.15, -0.1) is 0 Å². The Morgan fingerprint density at radius 1 is 1.47 bits per heavy atom. The number of hydrogen-bond acceptors (Lipinski definition) is 4. The third kappa shape index (κ3) is 1.99. The molecule has 0 aliphatic rings. The topological polar surface area (TPSA) is 92.2 Å². The van der Waals surface area contributed by atoms with E-state index < -0.39 is 5.97 Å². The van der Waals surface area contributed by atoms with E-state index in [4.69, 9.17) is 23.1 Å². The predicted molar refractivity (Wildman–Crippen MR) is 58.7 cm³/mol. The number of carboxylic acid groups (broad SMARTS) is 1. The molecule has 1 aromatic carbocycles. The molecule has 0 atom stereocenters. The van der Waals surface area contributed by atoms with Gasteiger partial charge in [-0.3, -0.25) is 0 Å². The number of hydrogen-bond donors (Lipinski definition) is 2. The van der Waals surface area contributed by atoms with E-state index in [-0.39, 0.29) is 27.9 Å². The van der Waals surface area contributed by atoms with E-state index in [0.717, 1.165) is 0 Å². The smallest absolute Gasteiger partial charge is 0.0867 e. The summed E-state index contributed by atoms with van der Waals surface area (Å²) < 4.78 is 0. The first kappa shape index (κ1) is 11.7. The normalized spacial score (nSPS) is 10.7. The van der Waals surface area contributed by atoms with Crippen molar-refractivity contribution in [3.05, 3.63) is 22.2 Å². The fraction of sp³-hybridized carbons (Fsp3) is 0.300. The molecule has 0 saturated heterocycles. The minimum atomic E-state index is -1.30. The number of carbonyl (C=O) groups excluding carboxylic acids is 1. The van der Waals surface area contributed by atoms with Crippen LogP contribution in [0.3, 0.4) is 0 Å². The molecule has 0 bridgehead atoms. The summed E-state index contributed by atoms with van der Waals surface area (Å²) in [5, 5.41) is 11.1. The molecule has 15 heavy (non-hydrogen) atoms. The first-order valence-electron chi connectivity index (χ1n) is 4.45. The van der Waals surface area contributed by atoms with Crippen LogP contribution >= 0.6 is 11.6 Å². The first-order chi connectivity index (χ1) is 6.86. The van der Waals surface area contributed by atoms with Gasteiger partial charge in [-0.2, -0.15) is 0 Å². The van der Waals surface area contributed by atoms with Crippen LogP contribution in [0.4, 0.5) is 11.4 Å². The largest absolute Gasteiger partial charge is 0.545 e. The van der Waals surface area contributed by atoms with Crippen molar-refractivity contribution in [2.75, 3.05) is 11.5 Å². The van der Waals surface area contributed by atoms with E-state index >= 15 is 0 Å². The lowest BCUT2D eigenvalue weighted by molar-refractivity contribution is -0.255. The molecule has 1 aromatic rings. The van der Waals surface area contributed by atoms with Crippen molar-refractivity contribution in [2.24, 2.45) is 0 Å². The quantitative estimate of drug-likeness (QED) is 0.737. The SMILES string of the molecule is CC(C)c1c(C(=O)[O-])cc(N)c(Cl)c1N. The van der Waals surface area contributed by atoms with Gasteiger partial charge in [0, 0.05) is 5.56 Å². The molecule has 0 aliphatic carbocycles. The van der Waals surface area contributed by atoms with Gasteiger partial charge in [0.2, 0.25) is 0 Å². The summed E-state index contributed by atoms with van der Waals surface area (Å²) in [4.78, 5) is 10.9. The van der Waals surface area contributed by atoms with Crippen LogP contribution in [-0.2, 0) is 0 Å². The van der Waals surface area contributed by atoms with Crippen LogP contribution in [0.1, 0.15) is 35.7 Å². The molecule has 4 nitrogen and oxygen atoms in total. The Morgan fingerprint density at radius 3 is 2.40 bits per heavy atom. The van der Waals surface area contributed by atoms with Gasteiger partial charge >= 0.3 is 0 Å². The fourth-order valence-electron chi connectivity index (χ4n) is 1.51. The van der Waals surface area contributed by atoms with Gasteiger partial charge in [0.15, 0.2) is 0 Å². The van der Waals surface area contributed by atoms with Gasteiger partial charge in [-0.25, -0.2) is 0 Å². The van der Waals surface area contributed by atoms with Gasteiger partial charge in [0.1, 0.15) is 0 Å². The fourth-order valence-corrected chi connectivity index (χ4v) is 1.66. The zero-order chi connectivity index (χ0) is 11.7. The molecule has 0 aromatic heterocycles. The van der Waals surface area contributed by atoms with Crippen LogP contribution in [0, 0.1) is 0 Å². The summed E-state index contributed by atoms with van der Waals surface area (Å²) in [5.41, 5.74) is 12.1. The highest BCUT2D eigenvalue weighted by Crippen LogP contribution is 2.35. The second kappa shape index (κ2) is 3.98. The highest BCUT2D eigenvalue weighted by Gasteiger charge is 2.16. The monoisotopic (exact) mass is 227 g/mol. The zero-order valence-corrected chi connectivity index (χ0v) is 9.26. The number of nitrogens with two attached hydrogens (primary N) is 2.